The molecule has 1 aromatic carbocycles. The zero-order valence-corrected chi connectivity index (χ0v) is 12.1. The van der Waals surface area contributed by atoms with Crippen molar-refractivity contribution in [3.05, 3.63) is 65.1 Å². The zero-order valence-electron chi connectivity index (χ0n) is 12.1. The molecule has 3 heteroatoms. The molecule has 1 N–H and O–H groups in total. The summed E-state index contributed by atoms with van der Waals surface area (Å²) < 4.78 is 5.41. The standard InChI is InChI=1S/C18H19NO2/c1-13-9-10-15(21-13)11-12-18(20)19-17-8-4-6-14-5-2-3-7-16(14)17/h2-3,5,7,9-12,17H,4,6,8H2,1H3,(H,19,20)/b12-11+/t17-/m1/s1. The van der Waals surface area contributed by atoms with E-state index >= 15 is 0 Å². The first-order valence-corrected chi connectivity index (χ1v) is 7.35. The number of fused-ring (bicyclic) bond motifs is 1. The highest BCUT2D eigenvalue weighted by Crippen LogP contribution is 2.29. The molecule has 1 heterocycles. The minimum atomic E-state index is -0.0780. The third-order valence-corrected chi connectivity index (χ3v) is 3.85. The summed E-state index contributed by atoms with van der Waals surface area (Å²) in [7, 11) is 0. The Kier molecular flexibility index (Phi) is 3.91. The first-order chi connectivity index (χ1) is 10.2. The molecule has 2 aromatic rings. The second kappa shape index (κ2) is 6.00. The Labute approximate surface area is 124 Å². The fourth-order valence-electron chi connectivity index (χ4n) is 2.82. The summed E-state index contributed by atoms with van der Waals surface area (Å²) in [6, 6.07) is 12.2. The zero-order chi connectivity index (χ0) is 14.7. The maximum atomic E-state index is 12.1. The summed E-state index contributed by atoms with van der Waals surface area (Å²) in [5.41, 5.74) is 2.60. The summed E-state index contributed by atoms with van der Waals surface area (Å²) >= 11 is 0. The van der Waals surface area contributed by atoms with E-state index in [9.17, 15) is 4.79 Å². The van der Waals surface area contributed by atoms with E-state index in [4.69, 9.17) is 4.42 Å². The van der Waals surface area contributed by atoms with Gasteiger partial charge in [0, 0.05) is 6.08 Å². The molecule has 1 atom stereocenters. The van der Waals surface area contributed by atoms with Gasteiger partial charge in [0.15, 0.2) is 0 Å². The van der Waals surface area contributed by atoms with Crippen LogP contribution >= 0.6 is 0 Å². The van der Waals surface area contributed by atoms with Crippen LogP contribution < -0.4 is 5.32 Å². The molecule has 3 rings (SSSR count). The van der Waals surface area contributed by atoms with Gasteiger partial charge >= 0.3 is 0 Å². The van der Waals surface area contributed by atoms with Gasteiger partial charge in [-0.3, -0.25) is 4.79 Å². The van der Waals surface area contributed by atoms with E-state index < -0.39 is 0 Å². The van der Waals surface area contributed by atoms with Crippen molar-refractivity contribution in [3.8, 4) is 0 Å². The molecule has 0 aliphatic heterocycles. The first-order valence-electron chi connectivity index (χ1n) is 7.35. The quantitative estimate of drug-likeness (QED) is 0.870. The molecule has 1 aliphatic rings. The average molecular weight is 281 g/mol. The molecule has 0 radical (unpaired) electrons. The topological polar surface area (TPSA) is 42.2 Å². The molecule has 108 valence electrons. The molecule has 0 bridgehead atoms. The lowest BCUT2D eigenvalue weighted by atomic mass is 9.88. The van der Waals surface area contributed by atoms with Crippen molar-refractivity contribution in [1.82, 2.24) is 5.32 Å². The molecule has 0 spiro atoms. The number of carbonyl (C=O) groups excluding carboxylic acids is 1. The van der Waals surface area contributed by atoms with Crippen LogP contribution in [0, 0.1) is 6.92 Å². The van der Waals surface area contributed by atoms with Crippen LogP contribution in [-0.4, -0.2) is 5.91 Å². The van der Waals surface area contributed by atoms with Crippen LogP contribution in [0.1, 0.15) is 41.5 Å². The van der Waals surface area contributed by atoms with Crippen LogP contribution in [0.5, 0.6) is 0 Å². The number of amides is 1. The predicted octanol–water partition coefficient (Wildman–Crippen LogP) is 3.80. The number of nitrogens with one attached hydrogen (secondary N) is 1. The van der Waals surface area contributed by atoms with Crippen LogP contribution in [0.15, 0.2) is 46.9 Å². The molecule has 0 saturated carbocycles. The molecule has 1 aromatic heterocycles. The maximum Gasteiger partial charge on any atom is 0.244 e. The summed E-state index contributed by atoms with van der Waals surface area (Å²) in [6.45, 7) is 1.89. The Morgan fingerprint density at radius 3 is 2.95 bits per heavy atom. The van der Waals surface area contributed by atoms with Crippen LogP contribution in [0.4, 0.5) is 0 Å². The lowest BCUT2D eigenvalue weighted by Crippen LogP contribution is -2.29. The largest absolute Gasteiger partial charge is 0.462 e. The minimum Gasteiger partial charge on any atom is -0.462 e. The highest BCUT2D eigenvalue weighted by atomic mass is 16.3. The number of hydrogen-bond donors (Lipinski definition) is 1. The minimum absolute atomic E-state index is 0.0780. The Balaban J connectivity index is 1.67. The molecule has 0 unspecified atom stereocenters. The lowest BCUT2D eigenvalue weighted by Gasteiger charge is -2.25. The number of aryl methyl sites for hydroxylation is 2. The highest BCUT2D eigenvalue weighted by Gasteiger charge is 2.20. The predicted molar refractivity (Wildman–Crippen MR) is 82.7 cm³/mol. The van der Waals surface area contributed by atoms with Crippen LogP contribution in [0.25, 0.3) is 6.08 Å². The van der Waals surface area contributed by atoms with E-state index in [1.165, 1.54) is 17.2 Å². The van der Waals surface area contributed by atoms with Gasteiger partial charge in [0.05, 0.1) is 6.04 Å². The number of rotatable bonds is 3. The summed E-state index contributed by atoms with van der Waals surface area (Å²) in [4.78, 5) is 12.1. The molecule has 1 aliphatic carbocycles. The summed E-state index contributed by atoms with van der Waals surface area (Å²) in [5, 5.41) is 3.08. The molecule has 1 amide bonds. The van der Waals surface area contributed by atoms with Gasteiger partial charge in [-0.1, -0.05) is 24.3 Å². The van der Waals surface area contributed by atoms with Crippen LogP contribution in [-0.2, 0) is 11.2 Å². The van der Waals surface area contributed by atoms with E-state index in [1.54, 1.807) is 6.08 Å². The maximum absolute atomic E-state index is 12.1. The first kappa shape index (κ1) is 13.7. The second-order valence-corrected chi connectivity index (χ2v) is 5.43. The number of furan rings is 1. The molecule has 0 fully saturated rings. The van der Waals surface area contributed by atoms with Crippen molar-refractivity contribution < 1.29 is 9.21 Å². The monoisotopic (exact) mass is 281 g/mol. The SMILES string of the molecule is Cc1ccc(/C=C/C(=O)N[C@@H]2CCCc3ccccc32)o1. The van der Waals surface area contributed by atoms with Crippen molar-refractivity contribution in [2.45, 2.75) is 32.2 Å². The van der Waals surface area contributed by atoms with Gasteiger partial charge in [-0.05, 0) is 55.5 Å². The van der Waals surface area contributed by atoms with Gasteiger partial charge in [0.2, 0.25) is 5.91 Å². The van der Waals surface area contributed by atoms with Crippen molar-refractivity contribution in [2.24, 2.45) is 0 Å². The van der Waals surface area contributed by atoms with Gasteiger partial charge in [-0.15, -0.1) is 0 Å². The Bertz CT molecular complexity index is 669. The molecule has 21 heavy (non-hydrogen) atoms. The van der Waals surface area contributed by atoms with E-state index in [0.29, 0.717) is 5.76 Å². The highest BCUT2D eigenvalue weighted by molar-refractivity contribution is 5.91. The Morgan fingerprint density at radius 1 is 1.29 bits per heavy atom. The summed E-state index contributed by atoms with van der Waals surface area (Å²) in [6.07, 6.45) is 6.45. The van der Waals surface area contributed by atoms with E-state index in [2.05, 4.69) is 23.5 Å². The van der Waals surface area contributed by atoms with Gasteiger partial charge in [0.1, 0.15) is 11.5 Å². The number of benzene rings is 1. The fourth-order valence-corrected chi connectivity index (χ4v) is 2.82. The third-order valence-electron chi connectivity index (χ3n) is 3.85. The smallest absolute Gasteiger partial charge is 0.244 e. The Morgan fingerprint density at radius 2 is 2.14 bits per heavy atom. The lowest BCUT2D eigenvalue weighted by molar-refractivity contribution is -0.117. The molecular formula is C18H19NO2. The second-order valence-electron chi connectivity index (χ2n) is 5.43. The van der Waals surface area contributed by atoms with Gasteiger partial charge in [0.25, 0.3) is 0 Å². The molecule has 3 nitrogen and oxygen atoms in total. The van der Waals surface area contributed by atoms with Crippen molar-refractivity contribution in [2.75, 3.05) is 0 Å². The van der Waals surface area contributed by atoms with Crippen molar-refractivity contribution >= 4 is 12.0 Å². The van der Waals surface area contributed by atoms with Gasteiger partial charge in [-0.2, -0.15) is 0 Å². The number of carbonyl (C=O) groups is 1. The number of hydrogen-bond acceptors (Lipinski definition) is 2. The van der Waals surface area contributed by atoms with Crippen molar-refractivity contribution in [1.29, 1.82) is 0 Å². The van der Waals surface area contributed by atoms with Gasteiger partial charge in [-0.25, -0.2) is 0 Å². The van der Waals surface area contributed by atoms with Crippen LogP contribution in [0.2, 0.25) is 0 Å². The van der Waals surface area contributed by atoms with Gasteiger partial charge < -0.3 is 9.73 Å². The third kappa shape index (κ3) is 3.24. The average Bonchev–Trinajstić information content (AvgIpc) is 2.91. The summed E-state index contributed by atoms with van der Waals surface area (Å²) in [5.74, 6) is 1.47. The van der Waals surface area contributed by atoms with Crippen LogP contribution in [0.3, 0.4) is 0 Å². The normalized spacial score (nSPS) is 17.7. The van der Waals surface area contributed by atoms with E-state index in [-0.39, 0.29) is 11.9 Å². The van der Waals surface area contributed by atoms with Crippen molar-refractivity contribution in [3.63, 3.8) is 0 Å². The Hall–Kier alpha value is -2.29. The fraction of sp³-hybridized carbons (Fsp3) is 0.278. The molecule has 0 saturated heterocycles. The molecular weight excluding hydrogens is 262 g/mol. The van der Waals surface area contributed by atoms with E-state index in [1.807, 2.05) is 25.1 Å². The van der Waals surface area contributed by atoms with E-state index in [0.717, 1.165) is 25.0 Å².